The number of hydrogen-bond donors (Lipinski definition) is 1. The van der Waals surface area contributed by atoms with Crippen LogP contribution in [0.15, 0.2) is 88.4 Å². The number of imide groups is 1. The van der Waals surface area contributed by atoms with Crippen molar-refractivity contribution in [2.24, 2.45) is 15.3 Å². The zero-order valence-corrected chi connectivity index (χ0v) is 16.1. The van der Waals surface area contributed by atoms with Crippen LogP contribution < -0.4 is 5.73 Å². The van der Waals surface area contributed by atoms with Gasteiger partial charge in [-0.25, -0.2) is 0 Å². The molecule has 1 aliphatic heterocycles. The van der Waals surface area contributed by atoms with E-state index in [9.17, 15) is 9.59 Å². The van der Waals surface area contributed by atoms with Gasteiger partial charge in [-0.3, -0.25) is 14.6 Å². The molecule has 2 amide bonds. The number of carbonyl (C=O) groups excluding carboxylic acids is 2. The molecule has 8 nitrogen and oxygen atoms in total. The Morgan fingerprint density at radius 3 is 2.20 bits per heavy atom. The van der Waals surface area contributed by atoms with Crippen molar-refractivity contribution in [3.63, 3.8) is 0 Å². The molecule has 2 heterocycles. The van der Waals surface area contributed by atoms with Crippen LogP contribution in [0, 0.1) is 0 Å². The third-order valence-corrected chi connectivity index (χ3v) is 4.62. The molecule has 0 spiro atoms. The molecule has 2 N–H and O–H groups in total. The average molecular weight is 398 g/mol. The highest BCUT2D eigenvalue weighted by atomic mass is 16.2. The second-order valence-electron chi connectivity index (χ2n) is 6.72. The van der Waals surface area contributed by atoms with Crippen molar-refractivity contribution in [2.75, 3.05) is 5.73 Å². The van der Waals surface area contributed by atoms with Crippen LogP contribution in [0.5, 0.6) is 0 Å². The first kappa shape index (κ1) is 19.1. The molecule has 2 aromatic carbocycles. The molecular weight excluding hydrogens is 380 g/mol. The molecule has 1 atom stereocenters. The lowest BCUT2D eigenvalue weighted by Gasteiger charge is -2.10. The lowest BCUT2D eigenvalue weighted by Crippen LogP contribution is -2.34. The number of rotatable bonds is 4. The van der Waals surface area contributed by atoms with Crippen molar-refractivity contribution in [1.29, 1.82) is 0 Å². The topological polar surface area (TPSA) is 113 Å². The third kappa shape index (κ3) is 3.83. The highest BCUT2D eigenvalue weighted by molar-refractivity contribution is 6.18. The number of amides is 2. The summed E-state index contributed by atoms with van der Waals surface area (Å²) in [5.41, 5.74) is 9.80. The van der Waals surface area contributed by atoms with Crippen LogP contribution in [0.1, 0.15) is 17.3 Å². The molecular formula is C22H18N6O2. The van der Waals surface area contributed by atoms with Crippen molar-refractivity contribution < 1.29 is 9.59 Å². The summed E-state index contributed by atoms with van der Waals surface area (Å²) in [7, 11) is 0. The largest absolute Gasteiger partial charge is 0.399 e. The fourth-order valence-corrected chi connectivity index (χ4v) is 2.97. The van der Waals surface area contributed by atoms with E-state index in [1.54, 1.807) is 19.1 Å². The summed E-state index contributed by atoms with van der Waals surface area (Å²) in [6.45, 7) is 1.64. The van der Waals surface area contributed by atoms with E-state index in [2.05, 4.69) is 20.3 Å². The molecule has 0 unspecified atom stereocenters. The molecule has 0 fully saturated rings. The summed E-state index contributed by atoms with van der Waals surface area (Å²) < 4.78 is 0. The zero-order valence-electron chi connectivity index (χ0n) is 16.1. The molecule has 8 heteroatoms. The SMILES string of the molecule is CC1=NN(C(=O)c2ccncc2)C(=O)[C@H]1N=Nc1ccc(-c2ccc(N)cc2)cc1. The van der Waals surface area contributed by atoms with Gasteiger partial charge in [0.05, 0.1) is 11.4 Å². The fourth-order valence-electron chi connectivity index (χ4n) is 2.97. The van der Waals surface area contributed by atoms with Crippen LogP contribution in [0.2, 0.25) is 0 Å². The van der Waals surface area contributed by atoms with E-state index >= 15 is 0 Å². The van der Waals surface area contributed by atoms with Crippen molar-refractivity contribution >= 4 is 28.9 Å². The third-order valence-electron chi connectivity index (χ3n) is 4.62. The van der Waals surface area contributed by atoms with E-state index in [-0.39, 0.29) is 0 Å². The van der Waals surface area contributed by atoms with Gasteiger partial charge in [-0.2, -0.15) is 20.3 Å². The maximum atomic E-state index is 12.6. The summed E-state index contributed by atoms with van der Waals surface area (Å²) in [6, 6.07) is 17.1. The average Bonchev–Trinajstić information content (AvgIpc) is 3.06. The maximum Gasteiger partial charge on any atom is 0.282 e. The highest BCUT2D eigenvalue weighted by Gasteiger charge is 2.38. The standard InChI is InChI=1S/C22H18N6O2/c1-14-20(22(30)28(27-14)21(29)17-10-12-24-13-11-17)26-25-19-8-4-16(5-9-19)15-2-6-18(23)7-3-15/h2-13,20H,23H2,1H3/t20-/m0/s1. The lowest BCUT2D eigenvalue weighted by molar-refractivity contribution is -0.127. The van der Waals surface area contributed by atoms with Crippen LogP contribution in [-0.4, -0.2) is 33.6 Å². The molecule has 0 radical (unpaired) electrons. The van der Waals surface area contributed by atoms with Gasteiger partial charge >= 0.3 is 0 Å². The van der Waals surface area contributed by atoms with Crippen LogP contribution in [0.4, 0.5) is 11.4 Å². The number of hydrazone groups is 1. The minimum absolute atomic E-state index is 0.325. The van der Waals surface area contributed by atoms with Gasteiger partial charge in [0, 0.05) is 23.6 Å². The summed E-state index contributed by atoms with van der Waals surface area (Å²) >= 11 is 0. The number of anilines is 1. The summed E-state index contributed by atoms with van der Waals surface area (Å²) in [4.78, 5) is 29.0. The van der Waals surface area contributed by atoms with Gasteiger partial charge in [-0.05, 0) is 54.4 Å². The van der Waals surface area contributed by atoms with Gasteiger partial charge in [-0.1, -0.05) is 24.3 Å². The summed E-state index contributed by atoms with van der Waals surface area (Å²) in [6.07, 6.45) is 2.96. The van der Waals surface area contributed by atoms with Crippen LogP contribution in [0.3, 0.4) is 0 Å². The summed E-state index contributed by atoms with van der Waals surface area (Å²) in [5, 5.41) is 13.2. The van der Waals surface area contributed by atoms with E-state index in [1.807, 2.05) is 36.4 Å². The number of carbonyl (C=O) groups is 2. The first-order chi connectivity index (χ1) is 14.5. The second-order valence-corrected chi connectivity index (χ2v) is 6.72. The first-order valence-electron chi connectivity index (χ1n) is 9.23. The van der Waals surface area contributed by atoms with E-state index in [1.165, 1.54) is 24.5 Å². The molecule has 0 saturated heterocycles. The molecule has 4 rings (SSSR count). The number of nitrogens with two attached hydrogens (primary N) is 1. The van der Waals surface area contributed by atoms with Crippen LogP contribution in [-0.2, 0) is 4.79 Å². The second kappa shape index (κ2) is 8.04. The Kier molecular flexibility index (Phi) is 5.13. The van der Waals surface area contributed by atoms with Gasteiger partial charge in [0.1, 0.15) is 0 Å². The Labute approximate surface area is 172 Å². The van der Waals surface area contributed by atoms with Gasteiger partial charge in [0.2, 0.25) is 0 Å². The minimum atomic E-state index is -0.924. The van der Waals surface area contributed by atoms with Crippen LogP contribution >= 0.6 is 0 Å². The molecule has 0 bridgehead atoms. The number of aromatic nitrogens is 1. The van der Waals surface area contributed by atoms with Crippen molar-refractivity contribution in [1.82, 2.24) is 9.99 Å². The normalized spacial score (nSPS) is 16.2. The monoisotopic (exact) mass is 398 g/mol. The Hall–Kier alpha value is -4.20. The highest BCUT2D eigenvalue weighted by Crippen LogP contribution is 2.24. The Bertz CT molecular complexity index is 1140. The molecule has 3 aromatic rings. The predicted octanol–water partition coefficient (Wildman–Crippen LogP) is 3.84. The lowest BCUT2D eigenvalue weighted by atomic mass is 10.1. The molecule has 1 aliphatic rings. The van der Waals surface area contributed by atoms with Gasteiger partial charge in [0.15, 0.2) is 6.04 Å². The van der Waals surface area contributed by atoms with Crippen molar-refractivity contribution in [3.05, 3.63) is 78.6 Å². The fraction of sp³-hybridized carbons (Fsp3) is 0.0909. The minimum Gasteiger partial charge on any atom is -0.399 e. The zero-order chi connectivity index (χ0) is 21.1. The maximum absolute atomic E-state index is 12.6. The summed E-state index contributed by atoms with van der Waals surface area (Å²) in [5.74, 6) is -1.05. The van der Waals surface area contributed by atoms with Crippen molar-refractivity contribution in [2.45, 2.75) is 13.0 Å². The van der Waals surface area contributed by atoms with Gasteiger partial charge < -0.3 is 5.73 Å². The quantitative estimate of drug-likeness (QED) is 0.408. The number of pyridine rings is 1. The molecule has 1 aromatic heterocycles. The first-order valence-corrected chi connectivity index (χ1v) is 9.23. The Balaban J connectivity index is 1.47. The van der Waals surface area contributed by atoms with Gasteiger partial charge in [0.25, 0.3) is 11.8 Å². The predicted molar refractivity (Wildman–Crippen MR) is 113 cm³/mol. The molecule has 30 heavy (non-hydrogen) atoms. The Morgan fingerprint density at radius 2 is 1.57 bits per heavy atom. The smallest absolute Gasteiger partial charge is 0.282 e. The molecule has 0 aliphatic carbocycles. The number of azo groups is 1. The van der Waals surface area contributed by atoms with E-state index in [4.69, 9.17) is 5.73 Å². The van der Waals surface area contributed by atoms with E-state index in [0.29, 0.717) is 22.6 Å². The number of nitrogens with zero attached hydrogens (tertiary/aromatic N) is 5. The van der Waals surface area contributed by atoms with Crippen LogP contribution in [0.25, 0.3) is 11.1 Å². The number of benzene rings is 2. The van der Waals surface area contributed by atoms with Gasteiger partial charge in [-0.15, -0.1) is 0 Å². The van der Waals surface area contributed by atoms with E-state index < -0.39 is 17.9 Å². The van der Waals surface area contributed by atoms with E-state index in [0.717, 1.165) is 16.1 Å². The molecule has 0 saturated carbocycles. The number of nitrogen functional groups attached to an aromatic ring is 1. The number of hydrogen-bond acceptors (Lipinski definition) is 7. The molecule has 148 valence electrons. The Morgan fingerprint density at radius 1 is 0.967 bits per heavy atom. The van der Waals surface area contributed by atoms with Crippen molar-refractivity contribution in [3.8, 4) is 11.1 Å².